The molecule has 2 fully saturated rings. The molecule has 0 aliphatic carbocycles. The van der Waals surface area contributed by atoms with Crippen LogP contribution < -0.4 is 5.32 Å². The molecule has 1 N–H and O–H groups in total. The summed E-state index contributed by atoms with van der Waals surface area (Å²) in [6.45, 7) is 14.0. The van der Waals surface area contributed by atoms with Gasteiger partial charge in [-0.15, -0.1) is 0 Å². The third-order valence-corrected chi connectivity index (χ3v) is 5.42. The van der Waals surface area contributed by atoms with Crippen LogP contribution in [0.2, 0.25) is 0 Å². The van der Waals surface area contributed by atoms with Gasteiger partial charge in [0.2, 0.25) is 0 Å². The van der Waals surface area contributed by atoms with Crippen molar-refractivity contribution in [3.8, 4) is 0 Å². The maximum atomic E-state index is 5.78. The molecule has 0 amide bonds. The summed E-state index contributed by atoms with van der Waals surface area (Å²) in [5.74, 6) is 0. The van der Waals surface area contributed by atoms with Gasteiger partial charge < -0.3 is 14.8 Å². The van der Waals surface area contributed by atoms with E-state index >= 15 is 0 Å². The monoisotopic (exact) mass is 384 g/mol. The minimum absolute atomic E-state index is 0.418. The molecule has 0 radical (unpaired) electrons. The van der Waals surface area contributed by atoms with Crippen LogP contribution in [0.4, 0.5) is 0 Å². The van der Waals surface area contributed by atoms with Gasteiger partial charge in [-0.3, -0.25) is 4.90 Å². The lowest BCUT2D eigenvalue weighted by atomic mass is 10.1. The van der Waals surface area contributed by atoms with Crippen molar-refractivity contribution in [2.24, 2.45) is 0 Å². The van der Waals surface area contributed by atoms with Crippen LogP contribution in [0.25, 0.3) is 0 Å². The standard InChI is InChI=1S/C19H39NO.C4H9NO/c1-4-5-6-7-8-9-10-11-12-13-14-15-20-16-18(2)21-19(3)17-20;1-3-6-4-2-5-1/h18-19H,4-17H2,1-3H3;5H,1-4H2. The van der Waals surface area contributed by atoms with E-state index < -0.39 is 0 Å². The number of rotatable bonds is 12. The molecule has 0 aromatic rings. The molecule has 2 atom stereocenters. The molecule has 0 bridgehead atoms. The van der Waals surface area contributed by atoms with Gasteiger partial charge >= 0.3 is 0 Å². The lowest BCUT2D eigenvalue weighted by Gasteiger charge is -2.35. The fraction of sp³-hybridized carbons (Fsp3) is 1.00. The molecular formula is C23H48N2O2. The topological polar surface area (TPSA) is 33.7 Å². The lowest BCUT2D eigenvalue weighted by Crippen LogP contribution is -2.45. The van der Waals surface area contributed by atoms with Gasteiger partial charge in [-0.05, 0) is 26.8 Å². The van der Waals surface area contributed by atoms with E-state index in [-0.39, 0.29) is 0 Å². The molecular weight excluding hydrogens is 336 g/mol. The number of nitrogens with one attached hydrogen (secondary N) is 1. The van der Waals surface area contributed by atoms with Gasteiger partial charge in [0.05, 0.1) is 25.4 Å². The summed E-state index contributed by atoms with van der Waals surface area (Å²) in [6.07, 6.45) is 16.6. The van der Waals surface area contributed by atoms with Gasteiger partial charge in [0.1, 0.15) is 0 Å². The summed E-state index contributed by atoms with van der Waals surface area (Å²) < 4.78 is 10.8. The summed E-state index contributed by atoms with van der Waals surface area (Å²) >= 11 is 0. The molecule has 4 heteroatoms. The van der Waals surface area contributed by atoms with Crippen LogP contribution in [-0.4, -0.2) is 63.0 Å². The second kappa shape index (κ2) is 17.9. The summed E-state index contributed by atoms with van der Waals surface area (Å²) in [5, 5.41) is 3.16. The van der Waals surface area contributed by atoms with Crippen LogP contribution in [0.1, 0.15) is 91.4 Å². The molecule has 0 saturated carbocycles. The third kappa shape index (κ3) is 15.4. The first-order chi connectivity index (χ1) is 13.2. The minimum atomic E-state index is 0.418. The smallest absolute Gasteiger partial charge is 0.0678 e. The Bertz CT molecular complexity index is 289. The lowest BCUT2D eigenvalue weighted by molar-refractivity contribution is -0.0681. The SMILES string of the molecule is C1COCCN1.CCCCCCCCCCCCCN1CC(C)OC(C)C1. The van der Waals surface area contributed by atoms with E-state index in [0.29, 0.717) is 12.2 Å². The predicted octanol–water partition coefficient (Wildman–Crippen LogP) is 5.01. The van der Waals surface area contributed by atoms with Crippen LogP contribution >= 0.6 is 0 Å². The first-order valence-corrected chi connectivity index (χ1v) is 11.9. The molecule has 2 aliphatic heterocycles. The Hall–Kier alpha value is -0.160. The Morgan fingerprint density at radius 2 is 1.22 bits per heavy atom. The molecule has 2 saturated heterocycles. The molecule has 2 heterocycles. The normalized spacial score (nSPS) is 23.7. The zero-order chi connectivity index (χ0) is 19.6. The van der Waals surface area contributed by atoms with Gasteiger partial charge in [0.25, 0.3) is 0 Å². The second-order valence-electron chi connectivity index (χ2n) is 8.41. The van der Waals surface area contributed by atoms with E-state index in [9.17, 15) is 0 Å². The number of nitrogens with zero attached hydrogens (tertiary/aromatic N) is 1. The van der Waals surface area contributed by atoms with Crippen molar-refractivity contribution in [1.82, 2.24) is 10.2 Å². The summed E-state index contributed by atoms with van der Waals surface area (Å²) in [6, 6.07) is 0. The Morgan fingerprint density at radius 1 is 0.741 bits per heavy atom. The van der Waals surface area contributed by atoms with Gasteiger partial charge in [0, 0.05) is 26.2 Å². The average Bonchev–Trinajstić information content (AvgIpc) is 2.67. The van der Waals surface area contributed by atoms with Crippen LogP contribution in [-0.2, 0) is 9.47 Å². The second-order valence-corrected chi connectivity index (χ2v) is 8.41. The van der Waals surface area contributed by atoms with Gasteiger partial charge in [0.15, 0.2) is 0 Å². The van der Waals surface area contributed by atoms with Gasteiger partial charge in [-0.1, -0.05) is 71.1 Å². The largest absolute Gasteiger partial charge is 0.379 e. The highest BCUT2D eigenvalue weighted by Crippen LogP contribution is 2.14. The van der Waals surface area contributed by atoms with E-state index in [0.717, 1.165) is 39.4 Å². The summed E-state index contributed by atoms with van der Waals surface area (Å²) in [4.78, 5) is 2.59. The molecule has 0 spiro atoms. The Balaban J connectivity index is 0.000000511. The number of hydrogen-bond donors (Lipinski definition) is 1. The van der Waals surface area contributed by atoms with Gasteiger partial charge in [-0.25, -0.2) is 0 Å². The maximum Gasteiger partial charge on any atom is 0.0678 e. The van der Waals surface area contributed by atoms with Crippen LogP contribution in [0.5, 0.6) is 0 Å². The molecule has 0 aromatic heterocycles. The van der Waals surface area contributed by atoms with Crippen molar-refractivity contribution < 1.29 is 9.47 Å². The fourth-order valence-corrected chi connectivity index (χ4v) is 3.98. The van der Waals surface area contributed by atoms with Crippen molar-refractivity contribution in [2.45, 2.75) is 104 Å². The Kier molecular flexibility index (Phi) is 16.5. The molecule has 2 rings (SSSR count). The van der Waals surface area contributed by atoms with Crippen LogP contribution in [0.3, 0.4) is 0 Å². The average molecular weight is 385 g/mol. The maximum absolute atomic E-state index is 5.78. The first-order valence-electron chi connectivity index (χ1n) is 11.9. The van der Waals surface area contributed by atoms with E-state index in [1.807, 2.05) is 0 Å². The number of morpholine rings is 2. The van der Waals surface area contributed by atoms with Gasteiger partial charge in [-0.2, -0.15) is 0 Å². The highest BCUT2D eigenvalue weighted by atomic mass is 16.5. The summed E-state index contributed by atoms with van der Waals surface area (Å²) in [5.41, 5.74) is 0. The summed E-state index contributed by atoms with van der Waals surface area (Å²) in [7, 11) is 0. The quantitative estimate of drug-likeness (QED) is 0.479. The Morgan fingerprint density at radius 3 is 1.63 bits per heavy atom. The van der Waals surface area contributed by atoms with Crippen LogP contribution in [0, 0.1) is 0 Å². The van der Waals surface area contributed by atoms with E-state index in [4.69, 9.17) is 9.47 Å². The highest BCUT2D eigenvalue weighted by Gasteiger charge is 2.21. The molecule has 2 aliphatic rings. The molecule has 4 nitrogen and oxygen atoms in total. The third-order valence-electron chi connectivity index (χ3n) is 5.42. The van der Waals surface area contributed by atoms with Crippen molar-refractivity contribution >= 4 is 0 Å². The molecule has 162 valence electrons. The van der Waals surface area contributed by atoms with E-state index in [1.165, 1.54) is 77.2 Å². The molecule has 2 unspecified atom stereocenters. The number of hydrogen-bond acceptors (Lipinski definition) is 4. The zero-order valence-electron chi connectivity index (χ0n) is 18.6. The molecule has 0 aromatic carbocycles. The minimum Gasteiger partial charge on any atom is -0.379 e. The van der Waals surface area contributed by atoms with Crippen molar-refractivity contribution in [3.63, 3.8) is 0 Å². The molecule has 27 heavy (non-hydrogen) atoms. The first kappa shape index (κ1) is 24.9. The Labute approximate surface area is 169 Å². The van der Waals surface area contributed by atoms with Crippen LogP contribution in [0.15, 0.2) is 0 Å². The predicted molar refractivity (Wildman–Crippen MR) is 117 cm³/mol. The van der Waals surface area contributed by atoms with Crippen molar-refractivity contribution in [1.29, 1.82) is 0 Å². The highest BCUT2D eigenvalue weighted by molar-refractivity contribution is 4.72. The van der Waals surface area contributed by atoms with E-state index in [1.54, 1.807) is 0 Å². The number of unbranched alkanes of at least 4 members (excludes halogenated alkanes) is 10. The zero-order valence-corrected chi connectivity index (χ0v) is 18.6. The number of ether oxygens (including phenoxy) is 2. The fourth-order valence-electron chi connectivity index (χ4n) is 3.98. The van der Waals surface area contributed by atoms with E-state index in [2.05, 4.69) is 31.0 Å². The van der Waals surface area contributed by atoms with Crippen molar-refractivity contribution in [2.75, 3.05) is 45.9 Å². The van der Waals surface area contributed by atoms with Crippen molar-refractivity contribution in [3.05, 3.63) is 0 Å².